The van der Waals surface area contributed by atoms with Gasteiger partial charge in [0, 0.05) is 11.8 Å². The average molecular weight is 250 g/mol. The third kappa shape index (κ3) is 2.56. The number of ether oxygens (including phenoxy) is 1. The number of rotatable bonds is 5. The molecule has 18 heavy (non-hydrogen) atoms. The molecule has 1 aliphatic rings. The number of nitro benzene ring substituents is 1. The van der Waals surface area contributed by atoms with Crippen molar-refractivity contribution in [3.05, 3.63) is 34.1 Å². The first-order chi connectivity index (χ1) is 8.56. The smallest absolute Gasteiger partial charge is 0.313 e. The topological polar surface area (TPSA) is 76.2 Å². The zero-order valence-electron chi connectivity index (χ0n) is 9.56. The van der Waals surface area contributed by atoms with Crippen LogP contribution in [0.1, 0.15) is 19.3 Å². The van der Waals surface area contributed by atoms with E-state index in [9.17, 15) is 14.5 Å². The molecule has 0 aromatic heterocycles. The second kappa shape index (κ2) is 4.61. The summed E-state index contributed by atoms with van der Waals surface area (Å²) in [5.41, 5.74) is -0.556. The summed E-state index contributed by atoms with van der Waals surface area (Å²) in [6.07, 6.45) is 2.15. The normalized spacial score (nSPS) is 15.8. The van der Waals surface area contributed by atoms with Gasteiger partial charge in [-0.3, -0.25) is 10.1 Å². The van der Waals surface area contributed by atoms with Gasteiger partial charge in [0.05, 0.1) is 23.7 Å². The summed E-state index contributed by atoms with van der Waals surface area (Å²) in [6, 6.07) is 5.28. The van der Waals surface area contributed by atoms with Crippen molar-refractivity contribution in [1.82, 2.24) is 0 Å². The third-order valence-electron chi connectivity index (χ3n) is 3.06. The largest absolute Gasteiger partial charge is 0.486 e. The molecule has 0 aliphatic heterocycles. The van der Waals surface area contributed by atoms with Crippen LogP contribution in [0.25, 0.3) is 0 Å². The van der Waals surface area contributed by atoms with Crippen molar-refractivity contribution in [2.75, 3.05) is 6.61 Å². The Hall–Kier alpha value is -2.16. The van der Waals surface area contributed by atoms with Gasteiger partial charge in [0.1, 0.15) is 5.82 Å². The van der Waals surface area contributed by atoms with E-state index in [0.717, 1.165) is 25.0 Å². The van der Waals surface area contributed by atoms with Crippen molar-refractivity contribution in [1.29, 1.82) is 5.26 Å². The molecule has 1 saturated carbocycles. The van der Waals surface area contributed by atoms with E-state index in [0.29, 0.717) is 6.42 Å². The highest BCUT2D eigenvalue weighted by Gasteiger charge is 2.43. The van der Waals surface area contributed by atoms with Gasteiger partial charge < -0.3 is 4.74 Å². The van der Waals surface area contributed by atoms with Gasteiger partial charge in [0.15, 0.2) is 5.75 Å². The van der Waals surface area contributed by atoms with Gasteiger partial charge in [0.2, 0.25) is 0 Å². The Bertz CT molecular complexity index is 521. The quantitative estimate of drug-likeness (QED) is 0.594. The molecule has 94 valence electrons. The van der Waals surface area contributed by atoms with E-state index in [2.05, 4.69) is 6.07 Å². The SMILES string of the molecule is N#CCC1(COc2ccc(F)cc2[N+](=O)[O-])CC1. The van der Waals surface area contributed by atoms with Crippen molar-refractivity contribution >= 4 is 5.69 Å². The molecule has 0 N–H and O–H groups in total. The van der Waals surface area contributed by atoms with Gasteiger partial charge in [-0.05, 0) is 25.0 Å². The molecule has 6 heteroatoms. The summed E-state index contributed by atoms with van der Waals surface area (Å²) in [4.78, 5) is 10.1. The minimum atomic E-state index is -0.678. The van der Waals surface area contributed by atoms with E-state index < -0.39 is 10.7 Å². The number of benzene rings is 1. The predicted molar refractivity (Wildman–Crippen MR) is 60.4 cm³/mol. The van der Waals surface area contributed by atoms with Crippen LogP contribution in [0.5, 0.6) is 5.75 Å². The second-order valence-electron chi connectivity index (χ2n) is 4.49. The maximum absolute atomic E-state index is 12.9. The number of nitrogens with zero attached hydrogens (tertiary/aromatic N) is 2. The molecule has 0 bridgehead atoms. The van der Waals surface area contributed by atoms with Crippen LogP contribution >= 0.6 is 0 Å². The van der Waals surface area contributed by atoms with Crippen molar-refractivity contribution in [2.45, 2.75) is 19.3 Å². The lowest BCUT2D eigenvalue weighted by molar-refractivity contribution is -0.386. The fourth-order valence-electron chi connectivity index (χ4n) is 1.70. The molecule has 0 unspecified atom stereocenters. The lowest BCUT2D eigenvalue weighted by Crippen LogP contribution is -2.13. The van der Waals surface area contributed by atoms with Crippen LogP contribution in [-0.2, 0) is 0 Å². The highest BCUT2D eigenvalue weighted by atomic mass is 19.1. The fourth-order valence-corrected chi connectivity index (χ4v) is 1.70. The van der Waals surface area contributed by atoms with E-state index in [1.165, 1.54) is 6.07 Å². The zero-order valence-corrected chi connectivity index (χ0v) is 9.56. The van der Waals surface area contributed by atoms with E-state index >= 15 is 0 Å². The Balaban J connectivity index is 2.10. The van der Waals surface area contributed by atoms with E-state index in [4.69, 9.17) is 10.00 Å². The highest BCUT2D eigenvalue weighted by molar-refractivity contribution is 5.46. The molecule has 0 heterocycles. The van der Waals surface area contributed by atoms with Crippen LogP contribution in [0.15, 0.2) is 18.2 Å². The van der Waals surface area contributed by atoms with Crippen LogP contribution < -0.4 is 4.74 Å². The molecule has 1 aliphatic carbocycles. The van der Waals surface area contributed by atoms with Crippen molar-refractivity contribution < 1.29 is 14.1 Å². The molecule has 0 atom stereocenters. The summed E-state index contributed by atoms with van der Waals surface area (Å²) in [5, 5.41) is 19.4. The average Bonchev–Trinajstić information content (AvgIpc) is 3.08. The Labute approximate surface area is 103 Å². The number of nitriles is 1. The standard InChI is InChI=1S/C12H11FN2O3/c13-9-1-2-11(10(7-9)15(16)17)18-8-12(3-4-12)5-6-14/h1-2,7H,3-5,8H2. The van der Waals surface area contributed by atoms with Crippen LogP contribution in [0.2, 0.25) is 0 Å². The van der Waals surface area contributed by atoms with E-state index in [1.807, 2.05) is 0 Å². The monoisotopic (exact) mass is 250 g/mol. The summed E-state index contributed by atoms with van der Waals surface area (Å²) >= 11 is 0. The molecular weight excluding hydrogens is 239 g/mol. The highest BCUT2D eigenvalue weighted by Crippen LogP contribution is 2.49. The van der Waals surface area contributed by atoms with Gasteiger partial charge in [-0.1, -0.05) is 0 Å². The van der Waals surface area contributed by atoms with Crippen molar-refractivity contribution in [3.8, 4) is 11.8 Å². The zero-order chi connectivity index (χ0) is 13.2. The van der Waals surface area contributed by atoms with E-state index in [-0.39, 0.29) is 23.5 Å². The number of hydrogen-bond donors (Lipinski definition) is 0. The first kappa shape index (κ1) is 12.3. The Morgan fingerprint density at radius 1 is 1.56 bits per heavy atom. The van der Waals surface area contributed by atoms with Gasteiger partial charge in [-0.25, -0.2) is 4.39 Å². The lowest BCUT2D eigenvalue weighted by atomic mass is 10.1. The van der Waals surface area contributed by atoms with Crippen LogP contribution in [0, 0.1) is 32.7 Å². The predicted octanol–water partition coefficient (Wildman–Crippen LogP) is 2.81. The van der Waals surface area contributed by atoms with Gasteiger partial charge in [-0.2, -0.15) is 5.26 Å². The molecule has 1 fully saturated rings. The lowest BCUT2D eigenvalue weighted by Gasteiger charge is -2.12. The molecule has 2 rings (SSSR count). The molecule has 1 aromatic rings. The first-order valence-corrected chi connectivity index (χ1v) is 5.50. The van der Waals surface area contributed by atoms with Gasteiger partial charge in [-0.15, -0.1) is 0 Å². The molecular formula is C12H11FN2O3. The van der Waals surface area contributed by atoms with Crippen molar-refractivity contribution in [3.63, 3.8) is 0 Å². The summed E-state index contributed by atoms with van der Waals surface area (Å²) in [5.74, 6) is -0.627. The maximum atomic E-state index is 12.9. The summed E-state index contributed by atoms with van der Waals surface area (Å²) < 4.78 is 18.3. The minimum absolute atomic E-state index is 0.0469. The van der Waals surface area contributed by atoms with Gasteiger partial charge in [0.25, 0.3) is 0 Å². The Morgan fingerprint density at radius 2 is 2.28 bits per heavy atom. The number of hydrogen-bond acceptors (Lipinski definition) is 4. The summed E-state index contributed by atoms with van der Waals surface area (Å²) in [7, 11) is 0. The van der Waals surface area contributed by atoms with Crippen LogP contribution in [0.3, 0.4) is 0 Å². The number of nitro groups is 1. The molecule has 0 saturated heterocycles. The Kier molecular flexibility index (Phi) is 3.15. The third-order valence-corrected chi connectivity index (χ3v) is 3.06. The first-order valence-electron chi connectivity index (χ1n) is 5.50. The minimum Gasteiger partial charge on any atom is -0.486 e. The molecule has 0 spiro atoms. The molecule has 0 radical (unpaired) electrons. The second-order valence-corrected chi connectivity index (χ2v) is 4.49. The van der Waals surface area contributed by atoms with Crippen molar-refractivity contribution in [2.24, 2.45) is 5.41 Å². The Morgan fingerprint density at radius 3 is 2.83 bits per heavy atom. The molecule has 1 aromatic carbocycles. The maximum Gasteiger partial charge on any atom is 0.313 e. The van der Waals surface area contributed by atoms with E-state index in [1.54, 1.807) is 0 Å². The molecule has 0 amide bonds. The summed E-state index contributed by atoms with van der Waals surface area (Å²) in [6.45, 7) is 0.257. The van der Waals surface area contributed by atoms with Crippen LogP contribution in [-0.4, -0.2) is 11.5 Å². The fraction of sp³-hybridized carbons (Fsp3) is 0.417. The molecule has 5 nitrogen and oxygen atoms in total. The van der Waals surface area contributed by atoms with Gasteiger partial charge >= 0.3 is 5.69 Å². The van der Waals surface area contributed by atoms with Crippen LogP contribution in [0.4, 0.5) is 10.1 Å². The number of halogens is 1.